The van der Waals surface area contributed by atoms with Crippen LogP contribution in [0.15, 0.2) is 114 Å². The van der Waals surface area contributed by atoms with Crippen LogP contribution >= 0.6 is 43.6 Å². The fourth-order valence-corrected chi connectivity index (χ4v) is 5.73. The molecule has 1 amide bonds. The third-order valence-electron chi connectivity index (χ3n) is 5.31. The number of halogens is 2. The molecule has 190 valence electrons. The second-order valence-electron chi connectivity index (χ2n) is 8.02. The molecule has 2 heterocycles. The molecule has 1 aliphatic heterocycles. The summed E-state index contributed by atoms with van der Waals surface area (Å²) in [5.41, 5.74) is 1.27. The third kappa shape index (κ3) is 6.27. The van der Waals surface area contributed by atoms with Crippen LogP contribution in [0.1, 0.15) is 16.9 Å². The number of furan rings is 1. The molecule has 38 heavy (non-hydrogen) atoms. The Morgan fingerprint density at radius 2 is 1.82 bits per heavy atom. The number of amidine groups is 1. The summed E-state index contributed by atoms with van der Waals surface area (Å²) in [6, 6.07) is 24.0. The number of hydrogen-bond donors (Lipinski definition) is 1. The smallest absolute Gasteiger partial charge is 0.267 e. The van der Waals surface area contributed by atoms with Crippen molar-refractivity contribution in [3.63, 3.8) is 0 Å². The Morgan fingerprint density at radius 3 is 2.61 bits per heavy atom. The lowest BCUT2D eigenvalue weighted by Crippen LogP contribution is -2.28. The molecule has 4 aromatic rings. The number of thioether (sulfide) groups is 1. The van der Waals surface area contributed by atoms with Crippen LogP contribution in [0.25, 0.3) is 6.08 Å². The molecule has 1 aromatic heterocycles. The molecule has 0 aliphatic carbocycles. The average molecular weight is 653 g/mol. The summed E-state index contributed by atoms with van der Waals surface area (Å²) in [4.78, 5) is 15.2. The Labute approximate surface area is 239 Å². The zero-order valence-electron chi connectivity index (χ0n) is 19.6. The first-order valence-corrected chi connectivity index (χ1v) is 13.7. The molecule has 3 aromatic carbocycles. The first-order chi connectivity index (χ1) is 18.5. The molecular formula is C28H19Br2N3O4S. The largest absolute Gasteiger partial charge is 0.506 e. The van der Waals surface area contributed by atoms with Gasteiger partial charge in [0.25, 0.3) is 5.91 Å². The summed E-state index contributed by atoms with van der Waals surface area (Å²) >= 11 is 7.92. The van der Waals surface area contributed by atoms with Gasteiger partial charge in [0, 0.05) is 10.0 Å². The maximum absolute atomic E-state index is 13.3. The van der Waals surface area contributed by atoms with Gasteiger partial charge in [-0.05, 0) is 87.9 Å². The normalized spacial score (nSPS) is 15.7. The van der Waals surface area contributed by atoms with Crippen molar-refractivity contribution in [2.24, 2.45) is 10.2 Å². The number of aromatic hydroxyl groups is 1. The molecule has 1 saturated heterocycles. The fraction of sp³-hybridized carbons (Fsp3) is 0.0357. The van der Waals surface area contributed by atoms with Crippen LogP contribution in [0.2, 0.25) is 0 Å². The van der Waals surface area contributed by atoms with E-state index in [1.54, 1.807) is 42.8 Å². The van der Waals surface area contributed by atoms with Crippen molar-refractivity contribution in [1.82, 2.24) is 4.90 Å². The number of benzene rings is 3. The SMILES string of the molecule is O=C1/C(=C/c2cc(Br)cc(Br)c2O)S/C(=N\N=C\c2cccc(Oc3ccccc3)c2)N1Cc1ccco1. The van der Waals surface area contributed by atoms with E-state index < -0.39 is 0 Å². The van der Waals surface area contributed by atoms with Gasteiger partial charge in [-0.3, -0.25) is 9.69 Å². The standard InChI is InChI=1S/C28H19Br2N3O4S/c29-20-13-19(26(34)24(30)15-20)14-25-27(35)33(17-23-10-5-11-36-23)28(38-25)32-31-16-18-6-4-9-22(12-18)37-21-7-2-1-3-8-21/h1-16,34H,17H2/b25-14-,31-16+,32-28-. The van der Waals surface area contributed by atoms with Crippen molar-refractivity contribution in [3.05, 3.63) is 116 Å². The van der Waals surface area contributed by atoms with E-state index in [2.05, 4.69) is 42.1 Å². The van der Waals surface area contributed by atoms with Crippen LogP contribution in [-0.2, 0) is 11.3 Å². The predicted octanol–water partition coefficient (Wildman–Crippen LogP) is 7.81. The summed E-state index contributed by atoms with van der Waals surface area (Å²) in [6.45, 7) is 0.194. The zero-order chi connectivity index (χ0) is 26.5. The maximum atomic E-state index is 13.3. The molecular weight excluding hydrogens is 634 g/mol. The number of rotatable bonds is 7. The molecule has 10 heteroatoms. The molecule has 7 nitrogen and oxygen atoms in total. The summed E-state index contributed by atoms with van der Waals surface area (Å²) in [7, 11) is 0. The number of para-hydroxylation sites is 1. The Bertz CT molecular complexity index is 1550. The maximum Gasteiger partial charge on any atom is 0.267 e. The number of phenols is 1. The van der Waals surface area contributed by atoms with Crippen molar-refractivity contribution in [3.8, 4) is 17.2 Å². The number of nitrogens with zero attached hydrogens (tertiary/aromatic N) is 3. The van der Waals surface area contributed by atoms with Crippen molar-refractivity contribution in [1.29, 1.82) is 0 Å². The molecule has 0 spiro atoms. The van der Waals surface area contributed by atoms with Gasteiger partial charge in [0.05, 0.1) is 28.4 Å². The minimum absolute atomic E-state index is 0.0349. The molecule has 0 radical (unpaired) electrons. The van der Waals surface area contributed by atoms with Crippen LogP contribution in [0.3, 0.4) is 0 Å². The summed E-state index contributed by atoms with van der Waals surface area (Å²) in [5.74, 6) is 1.78. The molecule has 0 atom stereocenters. The van der Waals surface area contributed by atoms with Crippen LogP contribution in [0, 0.1) is 0 Å². The molecule has 0 saturated carbocycles. The van der Waals surface area contributed by atoms with E-state index in [0.29, 0.717) is 31.6 Å². The highest BCUT2D eigenvalue weighted by Crippen LogP contribution is 2.38. The van der Waals surface area contributed by atoms with Crippen LogP contribution in [0.4, 0.5) is 0 Å². The zero-order valence-corrected chi connectivity index (χ0v) is 23.6. The van der Waals surface area contributed by atoms with E-state index in [4.69, 9.17) is 9.15 Å². The fourth-order valence-electron chi connectivity index (χ4n) is 3.55. The topological polar surface area (TPSA) is 87.6 Å². The molecule has 5 rings (SSSR count). The van der Waals surface area contributed by atoms with Gasteiger partial charge in [-0.1, -0.05) is 46.3 Å². The van der Waals surface area contributed by atoms with E-state index in [-0.39, 0.29) is 18.2 Å². The monoisotopic (exact) mass is 651 g/mol. The highest BCUT2D eigenvalue weighted by molar-refractivity contribution is 9.11. The Balaban J connectivity index is 1.40. The summed E-state index contributed by atoms with van der Waals surface area (Å²) in [6.07, 6.45) is 4.78. The van der Waals surface area contributed by atoms with Gasteiger partial charge in [-0.15, -0.1) is 5.10 Å². The lowest BCUT2D eigenvalue weighted by Gasteiger charge is -2.12. The van der Waals surface area contributed by atoms with Gasteiger partial charge in [-0.2, -0.15) is 5.10 Å². The second-order valence-corrected chi connectivity index (χ2v) is 10.8. The van der Waals surface area contributed by atoms with E-state index in [0.717, 1.165) is 15.8 Å². The minimum Gasteiger partial charge on any atom is -0.506 e. The molecule has 0 unspecified atom stereocenters. The van der Waals surface area contributed by atoms with Crippen molar-refractivity contribution in [2.45, 2.75) is 6.54 Å². The highest BCUT2D eigenvalue weighted by Gasteiger charge is 2.34. The lowest BCUT2D eigenvalue weighted by molar-refractivity contribution is -0.122. The van der Waals surface area contributed by atoms with Gasteiger partial charge in [0.2, 0.25) is 0 Å². The average Bonchev–Trinajstić information content (AvgIpc) is 3.52. The van der Waals surface area contributed by atoms with Gasteiger partial charge >= 0.3 is 0 Å². The summed E-state index contributed by atoms with van der Waals surface area (Å²) < 4.78 is 12.6. The minimum atomic E-state index is -0.269. The van der Waals surface area contributed by atoms with E-state index in [9.17, 15) is 9.90 Å². The first kappa shape index (κ1) is 26.0. The number of phenolic OH excluding ortho intramolecular Hbond substituents is 1. The predicted molar refractivity (Wildman–Crippen MR) is 156 cm³/mol. The van der Waals surface area contributed by atoms with E-state index >= 15 is 0 Å². The number of hydrogen-bond acceptors (Lipinski definition) is 7. The Kier molecular flexibility index (Phi) is 8.11. The number of amides is 1. The van der Waals surface area contributed by atoms with Crippen molar-refractivity contribution in [2.75, 3.05) is 0 Å². The molecule has 1 fully saturated rings. The van der Waals surface area contributed by atoms with Gasteiger partial charge in [-0.25, -0.2) is 0 Å². The van der Waals surface area contributed by atoms with Gasteiger partial charge in [0.1, 0.15) is 23.0 Å². The lowest BCUT2D eigenvalue weighted by atomic mass is 10.2. The van der Waals surface area contributed by atoms with E-state index in [1.807, 2.05) is 54.6 Å². The Hall–Kier alpha value is -3.60. The van der Waals surface area contributed by atoms with Crippen LogP contribution in [-0.4, -0.2) is 27.3 Å². The second kappa shape index (κ2) is 11.8. The number of ether oxygens (including phenoxy) is 1. The number of carbonyl (C=O) groups excluding carboxylic acids is 1. The first-order valence-electron chi connectivity index (χ1n) is 11.3. The van der Waals surface area contributed by atoms with Gasteiger partial charge in [0.15, 0.2) is 5.17 Å². The third-order valence-corrected chi connectivity index (χ3v) is 7.37. The van der Waals surface area contributed by atoms with Crippen molar-refractivity contribution >= 4 is 67.0 Å². The van der Waals surface area contributed by atoms with Crippen LogP contribution < -0.4 is 4.74 Å². The highest BCUT2D eigenvalue weighted by atomic mass is 79.9. The quantitative estimate of drug-likeness (QED) is 0.125. The van der Waals surface area contributed by atoms with Crippen LogP contribution in [0.5, 0.6) is 17.2 Å². The molecule has 0 bridgehead atoms. The molecule has 1 aliphatic rings. The number of carbonyl (C=O) groups is 1. The molecule has 1 N–H and O–H groups in total. The van der Waals surface area contributed by atoms with E-state index in [1.165, 1.54) is 16.7 Å². The summed E-state index contributed by atoms with van der Waals surface area (Å²) in [5, 5.41) is 19.4. The van der Waals surface area contributed by atoms with Gasteiger partial charge < -0.3 is 14.3 Å². The van der Waals surface area contributed by atoms with Crippen molar-refractivity contribution < 1.29 is 19.1 Å². The Morgan fingerprint density at radius 1 is 1.00 bits per heavy atom.